The van der Waals surface area contributed by atoms with E-state index in [1.807, 2.05) is 83.9 Å². The number of benzene rings is 4. The van der Waals surface area contributed by atoms with Crippen LogP contribution in [0.15, 0.2) is 105 Å². The second-order valence-electron chi connectivity index (χ2n) is 15.2. The summed E-state index contributed by atoms with van der Waals surface area (Å²) in [6, 6.07) is 27.9. The fraction of sp³-hybridized carbons (Fsp3) is 0.279. The average molecular weight is 903 g/mol. The molecule has 9 rings (SSSR count). The van der Waals surface area contributed by atoms with Crippen molar-refractivity contribution < 1.29 is 18.7 Å². The molecule has 63 heavy (non-hydrogen) atoms. The molecule has 0 unspecified atom stereocenters. The van der Waals surface area contributed by atoms with Crippen LogP contribution in [-0.4, -0.2) is 79.1 Å². The van der Waals surface area contributed by atoms with Crippen LogP contribution in [0.25, 0.3) is 20.4 Å². The molecule has 0 bridgehead atoms. The molecule has 0 saturated carbocycles. The quantitative estimate of drug-likeness (QED) is 0.102. The predicted octanol–water partition coefficient (Wildman–Crippen LogP) is 8.00. The minimum absolute atomic E-state index is 0.105. The molecule has 0 aliphatic carbocycles. The van der Waals surface area contributed by atoms with Gasteiger partial charge in [0.1, 0.15) is 22.4 Å². The van der Waals surface area contributed by atoms with Crippen LogP contribution in [0.5, 0.6) is 0 Å². The average Bonchev–Trinajstić information content (AvgIpc) is 3.77. The summed E-state index contributed by atoms with van der Waals surface area (Å²) >= 11 is 9.54. The predicted molar refractivity (Wildman–Crippen MR) is 250 cm³/mol. The first kappa shape index (κ1) is 41.6. The summed E-state index contributed by atoms with van der Waals surface area (Å²) in [5, 5.41) is 25.5. The second-order valence-corrected chi connectivity index (χ2v) is 17.6. The Bertz CT molecular complexity index is 2690. The highest BCUT2D eigenvalue weighted by molar-refractivity contribution is 7.21. The highest BCUT2D eigenvalue weighted by Gasteiger charge is 2.25. The number of carbonyl (C=O) groups is 2. The lowest BCUT2D eigenvalue weighted by Gasteiger charge is -2.37. The van der Waals surface area contributed by atoms with Gasteiger partial charge in [-0.05, 0) is 129 Å². The Hall–Kier alpha value is -6.70. The minimum atomic E-state index is -0.105. The number of thiazole rings is 2. The van der Waals surface area contributed by atoms with Crippen LogP contribution >= 0.6 is 34.3 Å². The third-order valence-electron chi connectivity index (χ3n) is 10.9. The van der Waals surface area contributed by atoms with E-state index in [1.54, 1.807) is 0 Å². The number of anilines is 6. The van der Waals surface area contributed by atoms with Gasteiger partial charge in [0.15, 0.2) is 0 Å². The Morgan fingerprint density at radius 2 is 0.937 bits per heavy atom. The largest absolute Gasteiger partial charge is 0.409 e. The van der Waals surface area contributed by atoms with Gasteiger partial charge in [0.2, 0.25) is 29.0 Å². The summed E-state index contributed by atoms with van der Waals surface area (Å²) in [4.78, 5) is 45.9. The van der Waals surface area contributed by atoms with E-state index in [1.165, 1.54) is 36.5 Å². The minimum Gasteiger partial charge on any atom is -0.368 e. The van der Waals surface area contributed by atoms with Gasteiger partial charge in [-0.15, -0.1) is 0 Å². The zero-order valence-corrected chi connectivity index (χ0v) is 37.5. The number of nitrogens with zero attached hydrogens (tertiary/aromatic N) is 13. The number of nitrogens with one attached hydrogen (secondary N) is 2. The van der Waals surface area contributed by atoms with E-state index >= 15 is 0 Å². The first-order valence-corrected chi connectivity index (χ1v) is 22.4. The molecule has 2 saturated heterocycles. The van der Waals surface area contributed by atoms with Gasteiger partial charge < -0.3 is 30.2 Å². The van der Waals surface area contributed by atoms with Crippen LogP contribution in [-0.2, 0) is 23.7 Å². The van der Waals surface area contributed by atoms with Gasteiger partial charge in [0, 0.05) is 89.0 Å². The molecule has 2 aliphatic rings. The lowest BCUT2D eigenvalue weighted by atomic mass is 10.2. The van der Waals surface area contributed by atoms with Crippen molar-refractivity contribution >= 4 is 123 Å². The number of piperazine rings is 2. The Morgan fingerprint density at radius 1 is 0.556 bits per heavy atom. The SMILES string of the molecule is CC(=O)Nc1ccc2c(c1)sc(N=Nc1ccc(N3CCN(c4nc(Cl)nc(N5CCN(c6ccc(N=Nc7sc8cc(NC(C)=O)ccc8[n+]7C)cc6)CC5)n4)CC3)cc1)[n+]2C. The van der Waals surface area contributed by atoms with Crippen LogP contribution in [0.3, 0.4) is 0 Å². The summed E-state index contributed by atoms with van der Waals surface area (Å²) in [7, 11) is 3.92. The first-order chi connectivity index (χ1) is 30.5. The highest BCUT2D eigenvalue weighted by Crippen LogP contribution is 2.32. The van der Waals surface area contributed by atoms with Gasteiger partial charge in [0.05, 0.1) is 33.7 Å². The van der Waals surface area contributed by atoms with Gasteiger partial charge in [-0.3, -0.25) is 9.59 Å². The number of halogens is 1. The number of hydrogen-bond donors (Lipinski definition) is 2. The van der Waals surface area contributed by atoms with Crippen LogP contribution in [0.4, 0.5) is 56.3 Å². The molecule has 3 aromatic heterocycles. The van der Waals surface area contributed by atoms with Crippen molar-refractivity contribution in [3.8, 4) is 0 Å². The zero-order valence-electron chi connectivity index (χ0n) is 35.1. The molecular formula is C43H44ClN15O2S2+2. The molecule has 17 nitrogen and oxygen atoms in total. The third-order valence-corrected chi connectivity index (χ3v) is 13.2. The number of amides is 2. The maximum Gasteiger partial charge on any atom is 0.409 e. The van der Waals surface area contributed by atoms with E-state index in [-0.39, 0.29) is 17.1 Å². The monoisotopic (exact) mass is 901 g/mol. The second kappa shape index (κ2) is 18.0. The van der Waals surface area contributed by atoms with E-state index < -0.39 is 0 Å². The van der Waals surface area contributed by atoms with E-state index in [9.17, 15) is 9.59 Å². The van der Waals surface area contributed by atoms with E-state index in [0.29, 0.717) is 11.9 Å². The Balaban J connectivity index is 0.769. The van der Waals surface area contributed by atoms with E-state index in [2.05, 4.69) is 84.9 Å². The lowest BCUT2D eigenvalue weighted by molar-refractivity contribution is -0.628. The summed E-state index contributed by atoms with van der Waals surface area (Å²) < 4.78 is 6.03. The summed E-state index contributed by atoms with van der Waals surface area (Å²) in [5.74, 6) is 0.971. The topological polar surface area (TPSA) is 167 Å². The molecule has 7 aromatic rings. The van der Waals surface area contributed by atoms with Crippen LogP contribution in [0, 0.1) is 0 Å². The number of aromatic nitrogens is 5. The number of carbonyl (C=O) groups excluding carboxylic acids is 2. The number of fused-ring (bicyclic) bond motifs is 2. The molecule has 20 heteroatoms. The van der Waals surface area contributed by atoms with Crippen molar-refractivity contribution in [2.45, 2.75) is 13.8 Å². The van der Waals surface area contributed by atoms with E-state index in [0.717, 1.165) is 117 Å². The van der Waals surface area contributed by atoms with Crippen molar-refractivity contribution in [3.63, 3.8) is 0 Å². The molecule has 2 N–H and O–H groups in total. The first-order valence-electron chi connectivity index (χ1n) is 20.4. The van der Waals surface area contributed by atoms with Crippen molar-refractivity contribution in [2.75, 3.05) is 82.6 Å². The number of aryl methyl sites for hydroxylation is 2. The normalized spacial score (nSPS) is 14.7. The molecule has 2 aliphatic heterocycles. The molecular weight excluding hydrogens is 858 g/mol. The Kier molecular flexibility index (Phi) is 11.9. The highest BCUT2D eigenvalue weighted by atomic mass is 35.5. The molecule has 5 heterocycles. The number of hydrogen-bond acceptors (Lipinski definition) is 15. The number of azo groups is 2. The summed E-state index contributed by atoms with van der Waals surface area (Å²) in [5.41, 5.74) is 7.30. The Labute approximate surface area is 376 Å². The molecule has 4 aromatic carbocycles. The fourth-order valence-electron chi connectivity index (χ4n) is 7.63. The summed E-state index contributed by atoms with van der Waals surface area (Å²) in [6.45, 7) is 9.12. The van der Waals surface area contributed by atoms with Crippen molar-refractivity contribution in [1.29, 1.82) is 0 Å². The smallest absolute Gasteiger partial charge is 0.368 e. The fourth-order valence-corrected chi connectivity index (χ4v) is 9.79. The van der Waals surface area contributed by atoms with Crippen LogP contribution < -0.4 is 39.4 Å². The molecule has 2 fully saturated rings. The lowest BCUT2D eigenvalue weighted by Crippen LogP contribution is -2.48. The molecule has 0 atom stereocenters. The van der Waals surface area contributed by atoms with Gasteiger partial charge in [-0.2, -0.15) is 15.0 Å². The maximum atomic E-state index is 11.5. The van der Waals surface area contributed by atoms with Gasteiger partial charge in [-0.1, -0.05) is 0 Å². The van der Waals surface area contributed by atoms with Crippen LogP contribution in [0.2, 0.25) is 5.28 Å². The van der Waals surface area contributed by atoms with Gasteiger partial charge in [0.25, 0.3) is 0 Å². The van der Waals surface area contributed by atoms with Crippen LogP contribution in [0.1, 0.15) is 13.8 Å². The molecule has 2 amide bonds. The number of rotatable bonds is 10. The molecule has 0 spiro atoms. The maximum absolute atomic E-state index is 11.5. The molecule has 0 radical (unpaired) electrons. The zero-order chi connectivity index (χ0) is 43.6. The van der Waals surface area contributed by atoms with E-state index in [4.69, 9.17) is 16.6 Å². The van der Waals surface area contributed by atoms with Crippen molar-refractivity contribution in [1.82, 2.24) is 15.0 Å². The summed E-state index contributed by atoms with van der Waals surface area (Å²) in [6.07, 6.45) is 0. The van der Waals surface area contributed by atoms with Crippen molar-refractivity contribution in [3.05, 3.63) is 90.2 Å². The van der Waals surface area contributed by atoms with Crippen molar-refractivity contribution in [2.24, 2.45) is 34.6 Å². The molecule has 320 valence electrons. The standard InChI is InChI=1S/C43H42ClN15O2S2/c1-27(60)45-31-9-15-35-37(25-31)62-42(54(35)3)52-50-29-5-11-33(12-6-29)56-17-21-58(22-18-56)40-47-39(44)48-41(49-40)59-23-19-57(20-24-59)34-13-7-30(8-14-34)51-53-43-55(4)36-16-10-32(46-28(2)61)26-38(36)63-43/h5-16,25-26H,17-24H2,1-4H3/p+2. The Morgan fingerprint density at radius 3 is 1.32 bits per heavy atom. The van der Waals surface area contributed by atoms with Gasteiger partial charge in [-0.25, -0.2) is 9.13 Å². The van der Waals surface area contributed by atoms with Gasteiger partial charge >= 0.3 is 10.3 Å². The third kappa shape index (κ3) is 9.40.